The molecule has 3 rings (SSSR count). The highest BCUT2D eigenvalue weighted by Crippen LogP contribution is 2.38. The Morgan fingerprint density at radius 3 is 2.90 bits per heavy atom. The largest absolute Gasteiger partial charge is 0.481 e. The van der Waals surface area contributed by atoms with Gasteiger partial charge in [-0.25, -0.2) is 0 Å². The lowest BCUT2D eigenvalue weighted by Gasteiger charge is -2.05. The van der Waals surface area contributed by atoms with Gasteiger partial charge >= 0.3 is 5.97 Å². The molecule has 1 heterocycles. The number of H-pyrrole nitrogens is 1. The van der Waals surface area contributed by atoms with Gasteiger partial charge in [0.2, 0.25) is 5.91 Å². The van der Waals surface area contributed by atoms with E-state index in [1.807, 2.05) is 18.3 Å². The van der Waals surface area contributed by atoms with Crippen molar-refractivity contribution < 1.29 is 14.7 Å². The van der Waals surface area contributed by atoms with Crippen molar-refractivity contribution in [2.75, 3.05) is 6.54 Å². The number of aliphatic carboxylic acids is 1. The Morgan fingerprint density at radius 1 is 1.38 bits per heavy atom. The van der Waals surface area contributed by atoms with E-state index in [2.05, 4.69) is 23.3 Å². The van der Waals surface area contributed by atoms with Gasteiger partial charge in [0, 0.05) is 23.6 Å². The number of hydrogen-bond acceptors (Lipinski definition) is 2. The third-order valence-corrected chi connectivity index (χ3v) is 4.13. The first kappa shape index (κ1) is 13.7. The molecule has 1 amide bonds. The van der Waals surface area contributed by atoms with Gasteiger partial charge in [-0.3, -0.25) is 9.59 Å². The van der Waals surface area contributed by atoms with Gasteiger partial charge in [-0.2, -0.15) is 0 Å². The molecule has 2 aromatic rings. The number of aromatic nitrogens is 1. The van der Waals surface area contributed by atoms with Crippen LogP contribution in [-0.2, 0) is 16.0 Å². The molecule has 0 saturated heterocycles. The third-order valence-electron chi connectivity index (χ3n) is 4.13. The van der Waals surface area contributed by atoms with Gasteiger partial charge in [0.15, 0.2) is 0 Å². The van der Waals surface area contributed by atoms with Gasteiger partial charge in [-0.1, -0.05) is 12.1 Å². The maximum Gasteiger partial charge on any atom is 0.307 e. The van der Waals surface area contributed by atoms with E-state index in [0.717, 1.165) is 11.9 Å². The maximum absolute atomic E-state index is 11.8. The highest BCUT2D eigenvalue weighted by molar-refractivity contribution is 5.89. The number of fused-ring (bicyclic) bond motifs is 1. The average molecular weight is 286 g/mol. The van der Waals surface area contributed by atoms with Crippen molar-refractivity contribution in [1.82, 2.24) is 10.3 Å². The predicted molar refractivity (Wildman–Crippen MR) is 79.0 cm³/mol. The molecule has 0 aliphatic heterocycles. The molecule has 0 unspecified atom stereocenters. The number of rotatable bonds is 5. The number of amides is 1. The Kier molecular flexibility index (Phi) is 3.41. The zero-order valence-electron chi connectivity index (χ0n) is 11.8. The quantitative estimate of drug-likeness (QED) is 0.784. The van der Waals surface area contributed by atoms with Crippen molar-refractivity contribution in [3.8, 4) is 0 Å². The van der Waals surface area contributed by atoms with Crippen LogP contribution in [0.4, 0.5) is 0 Å². The van der Waals surface area contributed by atoms with E-state index in [1.54, 1.807) is 0 Å². The summed E-state index contributed by atoms with van der Waals surface area (Å²) in [5.41, 5.74) is 3.49. The summed E-state index contributed by atoms with van der Waals surface area (Å²) in [5, 5.41) is 12.9. The van der Waals surface area contributed by atoms with E-state index in [1.165, 1.54) is 16.5 Å². The Morgan fingerprint density at radius 2 is 2.19 bits per heavy atom. The van der Waals surface area contributed by atoms with Crippen LogP contribution in [0.3, 0.4) is 0 Å². The van der Waals surface area contributed by atoms with Crippen LogP contribution in [0.1, 0.15) is 17.5 Å². The highest BCUT2D eigenvalue weighted by Gasteiger charge is 2.48. The summed E-state index contributed by atoms with van der Waals surface area (Å²) >= 11 is 0. The van der Waals surface area contributed by atoms with Crippen molar-refractivity contribution in [3.05, 3.63) is 35.5 Å². The van der Waals surface area contributed by atoms with Crippen LogP contribution in [0.5, 0.6) is 0 Å². The minimum absolute atomic E-state index is 0.140. The molecule has 5 heteroatoms. The van der Waals surface area contributed by atoms with Crippen LogP contribution in [-0.4, -0.2) is 28.5 Å². The average Bonchev–Trinajstić information content (AvgIpc) is 3.15. The van der Waals surface area contributed by atoms with Crippen LogP contribution in [0.15, 0.2) is 24.4 Å². The van der Waals surface area contributed by atoms with Crippen molar-refractivity contribution in [2.24, 2.45) is 11.8 Å². The Balaban J connectivity index is 1.58. The fraction of sp³-hybridized carbons (Fsp3) is 0.375. The summed E-state index contributed by atoms with van der Waals surface area (Å²) in [7, 11) is 0. The van der Waals surface area contributed by atoms with Crippen LogP contribution < -0.4 is 5.32 Å². The number of hydrogen-bond donors (Lipinski definition) is 3. The number of aromatic amines is 1. The summed E-state index contributed by atoms with van der Waals surface area (Å²) in [6, 6.07) is 6.12. The molecule has 1 aliphatic rings. The first-order valence-corrected chi connectivity index (χ1v) is 7.14. The van der Waals surface area contributed by atoms with E-state index in [0.29, 0.717) is 13.0 Å². The van der Waals surface area contributed by atoms with Gasteiger partial charge in [-0.05, 0) is 37.0 Å². The second-order valence-electron chi connectivity index (χ2n) is 5.64. The monoisotopic (exact) mass is 286 g/mol. The molecule has 1 aromatic heterocycles. The molecule has 21 heavy (non-hydrogen) atoms. The molecule has 110 valence electrons. The summed E-state index contributed by atoms with van der Waals surface area (Å²) in [6.45, 7) is 2.60. The zero-order valence-corrected chi connectivity index (χ0v) is 11.8. The molecule has 0 spiro atoms. The molecule has 1 saturated carbocycles. The smallest absolute Gasteiger partial charge is 0.307 e. The number of nitrogens with one attached hydrogen (secondary N) is 2. The normalized spacial score (nSPS) is 20.4. The van der Waals surface area contributed by atoms with Gasteiger partial charge in [0.05, 0.1) is 11.8 Å². The van der Waals surface area contributed by atoms with Crippen LogP contribution in [0.25, 0.3) is 10.9 Å². The lowest BCUT2D eigenvalue weighted by atomic mass is 10.1. The summed E-state index contributed by atoms with van der Waals surface area (Å²) in [6.07, 6.45) is 3.18. The highest BCUT2D eigenvalue weighted by atomic mass is 16.4. The topological polar surface area (TPSA) is 82.2 Å². The van der Waals surface area contributed by atoms with Crippen molar-refractivity contribution in [1.29, 1.82) is 0 Å². The predicted octanol–water partition coefficient (Wildman–Crippen LogP) is 1.86. The summed E-state index contributed by atoms with van der Waals surface area (Å²) < 4.78 is 0. The van der Waals surface area contributed by atoms with Crippen LogP contribution >= 0.6 is 0 Å². The fourth-order valence-electron chi connectivity index (χ4n) is 2.86. The van der Waals surface area contributed by atoms with E-state index in [9.17, 15) is 9.59 Å². The van der Waals surface area contributed by atoms with Gasteiger partial charge in [0.25, 0.3) is 0 Å². The van der Waals surface area contributed by atoms with Gasteiger partial charge in [-0.15, -0.1) is 0 Å². The summed E-state index contributed by atoms with van der Waals surface area (Å²) in [4.78, 5) is 25.8. The third kappa shape index (κ3) is 2.63. The van der Waals surface area contributed by atoms with E-state index in [4.69, 9.17) is 5.11 Å². The number of carboxylic acid groups (broad SMARTS) is 1. The molecule has 1 aromatic carbocycles. The minimum Gasteiger partial charge on any atom is -0.481 e. The number of benzene rings is 1. The number of carbonyl (C=O) groups is 2. The fourth-order valence-corrected chi connectivity index (χ4v) is 2.86. The van der Waals surface area contributed by atoms with E-state index >= 15 is 0 Å². The first-order chi connectivity index (χ1) is 10.1. The Hall–Kier alpha value is -2.30. The van der Waals surface area contributed by atoms with Gasteiger partial charge in [0.1, 0.15) is 0 Å². The standard InChI is InChI=1S/C16H18N2O3/c1-9-3-2-4-13-14(9)10(8-18-13)5-6-17-15(19)11-7-12(11)16(20)21/h2-4,8,11-12,18H,5-7H2,1H3,(H,17,19)(H,20,21)/t11-,12+/m0/s1. The number of aryl methyl sites for hydroxylation is 1. The maximum atomic E-state index is 11.8. The number of carboxylic acids is 1. The molecule has 3 N–H and O–H groups in total. The van der Waals surface area contributed by atoms with Crippen LogP contribution in [0.2, 0.25) is 0 Å². The van der Waals surface area contributed by atoms with Crippen molar-refractivity contribution in [2.45, 2.75) is 19.8 Å². The molecule has 1 fully saturated rings. The number of carbonyl (C=O) groups excluding carboxylic acids is 1. The van der Waals surface area contributed by atoms with Crippen molar-refractivity contribution in [3.63, 3.8) is 0 Å². The molecule has 2 atom stereocenters. The van der Waals surface area contributed by atoms with E-state index in [-0.39, 0.29) is 11.8 Å². The second-order valence-corrected chi connectivity index (χ2v) is 5.64. The minimum atomic E-state index is -0.873. The lowest BCUT2D eigenvalue weighted by Crippen LogP contribution is -2.28. The zero-order chi connectivity index (χ0) is 15.0. The van der Waals surface area contributed by atoms with Crippen LogP contribution in [0, 0.1) is 18.8 Å². The SMILES string of the molecule is Cc1cccc2[nH]cc(CCNC(=O)[C@H]3C[C@H]3C(=O)O)c12. The van der Waals surface area contributed by atoms with Crippen molar-refractivity contribution >= 4 is 22.8 Å². The summed E-state index contributed by atoms with van der Waals surface area (Å²) in [5.74, 6) is -1.84. The molecular weight excluding hydrogens is 268 g/mol. The lowest BCUT2D eigenvalue weighted by molar-refractivity contribution is -0.140. The molecule has 0 bridgehead atoms. The Bertz CT molecular complexity index is 705. The Labute approximate surface area is 122 Å². The molecule has 1 aliphatic carbocycles. The molecular formula is C16H18N2O3. The molecule has 0 radical (unpaired) electrons. The van der Waals surface area contributed by atoms with Gasteiger partial charge < -0.3 is 15.4 Å². The second kappa shape index (κ2) is 5.24. The molecule has 5 nitrogen and oxygen atoms in total. The van der Waals surface area contributed by atoms with E-state index < -0.39 is 11.9 Å². The first-order valence-electron chi connectivity index (χ1n) is 7.14.